The third kappa shape index (κ3) is 5.89. The fraction of sp³-hybridized carbons (Fsp3) is 0.219. The van der Waals surface area contributed by atoms with Crippen LogP contribution in [0.1, 0.15) is 46.2 Å². The van der Waals surface area contributed by atoms with E-state index in [0.29, 0.717) is 0 Å². The van der Waals surface area contributed by atoms with E-state index in [1.807, 2.05) is 0 Å². The molecule has 8 aromatic carbocycles. The summed E-state index contributed by atoms with van der Waals surface area (Å²) in [4.78, 5) is 16.6. The summed E-state index contributed by atoms with van der Waals surface area (Å²) in [6.07, 6.45) is 1.56. The highest BCUT2D eigenvalue weighted by atomic mass is 32.2. The van der Waals surface area contributed by atoms with E-state index in [1.165, 1.54) is 101 Å². The van der Waals surface area contributed by atoms with Crippen LogP contribution in [0.2, 0.25) is 0 Å². The monoisotopic (exact) mass is 1000 g/mol. The molecule has 0 fully saturated rings. The predicted molar refractivity (Wildman–Crippen MR) is 309 cm³/mol. The molecule has 4 atom stereocenters. The Morgan fingerprint density at radius 2 is 0.689 bits per heavy atom. The van der Waals surface area contributed by atoms with E-state index in [4.69, 9.17) is 0 Å². The molecule has 4 unspecified atom stereocenters. The number of amidine groups is 2. The van der Waals surface area contributed by atoms with E-state index in [-0.39, 0.29) is 12.3 Å². The van der Waals surface area contributed by atoms with Crippen LogP contribution >= 0.6 is 23.5 Å². The molecule has 7 aliphatic heterocycles. The minimum atomic E-state index is -0.847. The molecule has 7 aliphatic rings. The molecule has 10 heteroatoms. The van der Waals surface area contributed by atoms with E-state index in [0.717, 1.165) is 37.4 Å². The number of hydrogen-bond donors (Lipinski definition) is 0. The first kappa shape index (κ1) is 44.1. The number of benzene rings is 8. The van der Waals surface area contributed by atoms with Gasteiger partial charge in [-0.25, -0.2) is 9.15 Å². The first-order valence-electron chi connectivity index (χ1n) is 26.3. The van der Waals surface area contributed by atoms with Gasteiger partial charge in [-0.05, 0) is 183 Å². The maximum Gasteiger partial charge on any atom is 0.321 e. The van der Waals surface area contributed by atoms with Crippen molar-refractivity contribution in [2.75, 3.05) is 54.0 Å². The van der Waals surface area contributed by atoms with Crippen LogP contribution in [0.25, 0.3) is 0 Å². The van der Waals surface area contributed by atoms with Gasteiger partial charge in [-0.1, -0.05) is 97.1 Å². The topological polar surface area (TPSA) is 25.5 Å². The van der Waals surface area contributed by atoms with Gasteiger partial charge in [0.2, 0.25) is 12.3 Å². The first-order valence-corrected chi connectivity index (χ1v) is 28.3. The number of rotatable bonds is 4. The van der Waals surface area contributed by atoms with Crippen molar-refractivity contribution in [1.82, 2.24) is 0 Å². The number of para-hydroxylation sites is 8. The van der Waals surface area contributed by atoms with Gasteiger partial charge in [0.1, 0.15) is 11.4 Å². The number of fused-ring (bicyclic) bond motifs is 16. The maximum atomic E-state index is 2.93. The van der Waals surface area contributed by atoms with Crippen LogP contribution in [0.15, 0.2) is 194 Å². The first-order chi connectivity index (χ1) is 36.4. The molecule has 0 aliphatic carbocycles. The van der Waals surface area contributed by atoms with Gasteiger partial charge in [0.25, 0.3) is 0 Å². The lowest BCUT2D eigenvalue weighted by atomic mass is 9.90. The van der Waals surface area contributed by atoms with Gasteiger partial charge in [0.05, 0.1) is 58.3 Å². The van der Waals surface area contributed by atoms with Crippen LogP contribution in [0.4, 0.5) is 56.9 Å². The van der Waals surface area contributed by atoms with Crippen LogP contribution in [0, 0.1) is 27.7 Å². The minimum absolute atomic E-state index is 0.245. The summed E-state index contributed by atoms with van der Waals surface area (Å²) in [5, 5.41) is 2.54. The Kier molecular flexibility index (Phi) is 9.87. The van der Waals surface area contributed by atoms with Crippen molar-refractivity contribution in [3.8, 4) is 0 Å². The summed E-state index contributed by atoms with van der Waals surface area (Å²) in [5.74, 6) is 1.98. The second-order valence-electron chi connectivity index (χ2n) is 21.0. The predicted octanol–water partition coefficient (Wildman–Crippen LogP) is 14.2. The van der Waals surface area contributed by atoms with Gasteiger partial charge in [0, 0.05) is 22.9 Å². The van der Waals surface area contributed by atoms with Crippen LogP contribution in [-0.2, 0) is 11.3 Å². The Morgan fingerprint density at radius 1 is 0.365 bits per heavy atom. The van der Waals surface area contributed by atoms with Gasteiger partial charge < -0.3 is 19.6 Å². The van der Waals surface area contributed by atoms with Crippen molar-refractivity contribution in [2.45, 2.75) is 64.2 Å². The van der Waals surface area contributed by atoms with Gasteiger partial charge in [-0.15, -0.1) is 0 Å². The zero-order chi connectivity index (χ0) is 49.5. The molecule has 364 valence electrons. The number of aryl methyl sites for hydroxylation is 4. The Hall–Kier alpha value is -7.40. The van der Waals surface area contributed by atoms with E-state index in [1.54, 1.807) is 0 Å². The molecule has 0 N–H and O–H groups in total. The highest BCUT2D eigenvalue weighted by Crippen LogP contribution is 2.66. The Bertz CT molecular complexity index is 3360. The molecule has 8 aromatic rings. The van der Waals surface area contributed by atoms with Crippen molar-refractivity contribution in [1.29, 1.82) is 0 Å². The summed E-state index contributed by atoms with van der Waals surface area (Å²) in [6.45, 7) is 10.8. The summed E-state index contributed by atoms with van der Waals surface area (Å²) in [5.41, 5.74) is 18.1. The van der Waals surface area contributed by atoms with Gasteiger partial charge in [-0.3, -0.25) is 0 Å². The van der Waals surface area contributed by atoms with Crippen molar-refractivity contribution < 1.29 is 9.15 Å². The number of nitrogens with zero attached hydrogens (tertiary/aromatic N) is 8. The summed E-state index contributed by atoms with van der Waals surface area (Å²) in [6, 6.07) is 74.3. The largest absolute Gasteiger partial charge is 0.321 e. The molecule has 8 nitrogen and oxygen atoms in total. The highest BCUT2D eigenvalue weighted by molar-refractivity contribution is 8.14. The van der Waals surface area contributed by atoms with E-state index >= 15 is 0 Å². The molecule has 0 aromatic heterocycles. The molecule has 2 spiro atoms. The Balaban J connectivity index is 1.17. The average Bonchev–Trinajstić information content (AvgIpc) is 4.26. The Morgan fingerprint density at radius 3 is 1.07 bits per heavy atom. The van der Waals surface area contributed by atoms with Crippen molar-refractivity contribution in [2.24, 2.45) is 0 Å². The molecule has 7 heterocycles. The number of anilines is 10. The van der Waals surface area contributed by atoms with Crippen LogP contribution in [0.5, 0.6) is 0 Å². The molecular weight excluding hydrogens is 945 g/mol. The van der Waals surface area contributed by atoms with Gasteiger partial charge in [0.15, 0.2) is 0 Å². The highest BCUT2D eigenvalue weighted by Gasteiger charge is 2.78. The fourth-order valence-electron chi connectivity index (χ4n) is 14.2. The van der Waals surface area contributed by atoms with Crippen LogP contribution in [0.3, 0.4) is 0 Å². The third-order valence-electron chi connectivity index (χ3n) is 16.5. The van der Waals surface area contributed by atoms with E-state index < -0.39 is 11.3 Å². The van der Waals surface area contributed by atoms with Gasteiger partial charge in [-0.2, -0.15) is 9.80 Å². The summed E-state index contributed by atoms with van der Waals surface area (Å²) in [7, 11) is 0. The second kappa shape index (κ2) is 16.6. The zero-order valence-corrected chi connectivity index (χ0v) is 43.9. The third-order valence-corrected chi connectivity index (χ3v) is 18.8. The summed E-state index contributed by atoms with van der Waals surface area (Å²) < 4.78 is 5.87. The molecule has 15 rings (SSSR count). The standard InChI is InChI=1S/C64H58N8S2/c1-43-37-44(2)40-49(39-43)71-61-65(33-19-35-73-61)64(52-26-12-14-28-54(52)70-58-32-18-16-30-56(58)68(60(64)70)48-23-9-6-10-24-48)72(50-41-45(3)38-46(4)42-50)62-66(34-20-36-74-62)63(71)51-25-11-13-27-53(51)69-57-31-17-15-29-55(57)67(59(63)69)47-21-7-5-8-22-47/h5-18,21-32,37-42,59-60H,19-20,33-36H2,1-4H3/q+2. The Labute approximate surface area is 443 Å². The van der Waals surface area contributed by atoms with Gasteiger partial charge >= 0.3 is 21.7 Å². The lowest BCUT2D eigenvalue weighted by Gasteiger charge is -2.51. The lowest BCUT2D eigenvalue weighted by molar-refractivity contribution is -0.642. The van der Waals surface area contributed by atoms with E-state index in [9.17, 15) is 0 Å². The summed E-state index contributed by atoms with van der Waals surface area (Å²) >= 11 is 4.11. The van der Waals surface area contributed by atoms with Crippen molar-refractivity contribution >= 4 is 90.7 Å². The van der Waals surface area contributed by atoms with Crippen molar-refractivity contribution in [3.63, 3.8) is 0 Å². The maximum absolute atomic E-state index is 2.93. The molecule has 0 amide bonds. The zero-order valence-electron chi connectivity index (χ0n) is 42.3. The van der Waals surface area contributed by atoms with Crippen LogP contribution < -0.4 is 29.4 Å². The fourth-order valence-corrected chi connectivity index (χ4v) is 16.7. The molecule has 74 heavy (non-hydrogen) atoms. The molecular formula is C64H58N8S2+2. The second-order valence-corrected chi connectivity index (χ2v) is 23.1. The lowest BCUT2D eigenvalue weighted by Crippen LogP contribution is -2.76. The molecule has 0 radical (unpaired) electrons. The normalized spacial score (nSPS) is 23.1. The molecule has 0 saturated carbocycles. The van der Waals surface area contributed by atoms with Crippen LogP contribution in [-0.4, -0.2) is 56.4 Å². The minimum Gasteiger partial charge on any atom is -0.310 e. The quantitative estimate of drug-likeness (QED) is 0.161. The molecule has 0 saturated heterocycles. The molecule has 0 bridgehead atoms. The average molecular weight is 1000 g/mol. The van der Waals surface area contributed by atoms with Crippen molar-refractivity contribution in [3.05, 3.63) is 228 Å². The number of thioether (sulfide) groups is 2. The SMILES string of the molecule is Cc1cc(C)cc(N2C3=[N+](CCCS3)C3(c4ccccc4N4c5ccccc5N(c5ccccc5)C43)N(c3cc(C)cc(C)c3)C3=[N+](CCCS3)C23c2ccccc2N2c4ccccc4N(c4ccccc4)C23)c1. The number of hydrogen-bond acceptors (Lipinski definition) is 8. The smallest absolute Gasteiger partial charge is 0.310 e. The van der Waals surface area contributed by atoms with E-state index in [2.05, 4.69) is 284 Å².